The number of carbonyl (C=O) groups excluding carboxylic acids is 2. The highest BCUT2D eigenvalue weighted by Crippen LogP contribution is 2.18. The van der Waals surface area contributed by atoms with E-state index in [-0.39, 0.29) is 17.9 Å². The zero-order chi connectivity index (χ0) is 18.4. The SMILES string of the molecule is C=CC(=O)Nc1ccc(CCC(=O)Nc2cnn(C(C)C)c2C)cc1. The molecule has 132 valence electrons. The Kier molecular flexibility index (Phi) is 6.11. The van der Waals surface area contributed by atoms with Crippen LogP contribution in [0.4, 0.5) is 11.4 Å². The molecule has 6 nitrogen and oxygen atoms in total. The summed E-state index contributed by atoms with van der Waals surface area (Å²) in [4.78, 5) is 23.4. The molecule has 2 aromatic rings. The largest absolute Gasteiger partial charge is 0.323 e. The molecule has 1 aromatic carbocycles. The van der Waals surface area contributed by atoms with Gasteiger partial charge in [0, 0.05) is 18.2 Å². The average Bonchev–Trinajstić information content (AvgIpc) is 2.95. The van der Waals surface area contributed by atoms with Crippen LogP contribution >= 0.6 is 0 Å². The van der Waals surface area contributed by atoms with Gasteiger partial charge in [-0.25, -0.2) is 0 Å². The van der Waals surface area contributed by atoms with Gasteiger partial charge >= 0.3 is 0 Å². The highest BCUT2D eigenvalue weighted by Gasteiger charge is 2.11. The van der Waals surface area contributed by atoms with Crippen molar-refractivity contribution in [3.8, 4) is 0 Å². The Bertz CT molecular complexity index is 760. The van der Waals surface area contributed by atoms with Gasteiger partial charge < -0.3 is 10.6 Å². The Labute approximate surface area is 147 Å². The Morgan fingerprint density at radius 2 is 1.92 bits per heavy atom. The van der Waals surface area contributed by atoms with Gasteiger partial charge in [-0.1, -0.05) is 18.7 Å². The number of nitrogens with one attached hydrogen (secondary N) is 2. The minimum absolute atomic E-state index is 0.0459. The summed E-state index contributed by atoms with van der Waals surface area (Å²) in [6.07, 6.45) is 3.91. The fourth-order valence-corrected chi connectivity index (χ4v) is 2.49. The molecule has 0 spiro atoms. The maximum atomic E-state index is 12.2. The molecule has 0 aliphatic carbocycles. The molecule has 0 aliphatic heterocycles. The van der Waals surface area contributed by atoms with Crippen LogP contribution in [0.25, 0.3) is 0 Å². The van der Waals surface area contributed by atoms with Crippen molar-refractivity contribution in [2.75, 3.05) is 10.6 Å². The number of nitrogens with zero attached hydrogens (tertiary/aromatic N) is 2. The molecule has 0 saturated carbocycles. The lowest BCUT2D eigenvalue weighted by molar-refractivity contribution is -0.116. The molecule has 0 radical (unpaired) electrons. The van der Waals surface area contributed by atoms with Crippen LogP contribution < -0.4 is 10.6 Å². The second-order valence-electron chi connectivity index (χ2n) is 6.12. The van der Waals surface area contributed by atoms with Crippen LogP contribution in [0, 0.1) is 6.92 Å². The van der Waals surface area contributed by atoms with E-state index < -0.39 is 0 Å². The number of benzene rings is 1. The third-order valence-corrected chi connectivity index (χ3v) is 3.86. The van der Waals surface area contributed by atoms with E-state index in [4.69, 9.17) is 0 Å². The third-order valence-electron chi connectivity index (χ3n) is 3.86. The number of rotatable bonds is 7. The molecule has 0 atom stereocenters. The van der Waals surface area contributed by atoms with Crippen LogP contribution in [-0.2, 0) is 16.0 Å². The smallest absolute Gasteiger partial charge is 0.247 e. The second-order valence-corrected chi connectivity index (χ2v) is 6.12. The van der Waals surface area contributed by atoms with E-state index >= 15 is 0 Å². The fraction of sp³-hybridized carbons (Fsp3) is 0.316. The maximum Gasteiger partial charge on any atom is 0.247 e. The summed E-state index contributed by atoms with van der Waals surface area (Å²) in [5.74, 6) is -0.292. The van der Waals surface area contributed by atoms with Crippen molar-refractivity contribution >= 4 is 23.2 Å². The summed E-state index contributed by atoms with van der Waals surface area (Å²) < 4.78 is 1.88. The van der Waals surface area contributed by atoms with Crippen LogP contribution in [0.3, 0.4) is 0 Å². The molecule has 2 amide bonds. The van der Waals surface area contributed by atoms with Crippen LogP contribution in [0.1, 0.15) is 37.6 Å². The van der Waals surface area contributed by atoms with Gasteiger partial charge in [0.05, 0.1) is 17.6 Å². The molecular formula is C19H24N4O2. The highest BCUT2D eigenvalue weighted by molar-refractivity contribution is 5.98. The number of hydrogen-bond donors (Lipinski definition) is 2. The third kappa shape index (κ3) is 5.04. The first-order chi connectivity index (χ1) is 11.9. The summed E-state index contributed by atoms with van der Waals surface area (Å²) in [5, 5.41) is 9.89. The molecule has 25 heavy (non-hydrogen) atoms. The lowest BCUT2D eigenvalue weighted by Crippen LogP contribution is -2.13. The minimum Gasteiger partial charge on any atom is -0.323 e. The highest BCUT2D eigenvalue weighted by atomic mass is 16.2. The van der Waals surface area contributed by atoms with Gasteiger partial charge in [0.2, 0.25) is 11.8 Å². The Morgan fingerprint density at radius 3 is 2.48 bits per heavy atom. The van der Waals surface area contributed by atoms with Gasteiger partial charge in [-0.05, 0) is 51.0 Å². The molecule has 0 aliphatic rings. The summed E-state index contributed by atoms with van der Waals surface area (Å²) >= 11 is 0. The van der Waals surface area contributed by atoms with E-state index in [0.717, 1.165) is 16.9 Å². The van der Waals surface area contributed by atoms with Crippen molar-refractivity contribution in [1.82, 2.24) is 9.78 Å². The van der Waals surface area contributed by atoms with Crippen molar-refractivity contribution < 1.29 is 9.59 Å². The molecule has 6 heteroatoms. The van der Waals surface area contributed by atoms with Crippen LogP contribution in [0.2, 0.25) is 0 Å². The van der Waals surface area contributed by atoms with E-state index in [2.05, 4.69) is 22.3 Å². The molecule has 1 heterocycles. The lowest BCUT2D eigenvalue weighted by atomic mass is 10.1. The van der Waals surface area contributed by atoms with Crippen molar-refractivity contribution in [3.05, 3.63) is 54.4 Å². The summed E-state index contributed by atoms with van der Waals surface area (Å²) in [7, 11) is 0. The maximum absolute atomic E-state index is 12.2. The Hall–Kier alpha value is -2.89. The molecule has 0 unspecified atom stereocenters. The van der Waals surface area contributed by atoms with Crippen molar-refractivity contribution in [1.29, 1.82) is 0 Å². The number of aryl methyl sites for hydroxylation is 1. The number of hydrogen-bond acceptors (Lipinski definition) is 3. The Balaban J connectivity index is 1.87. The zero-order valence-corrected chi connectivity index (χ0v) is 14.9. The van der Waals surface area contributed by atoms with Crippen molar-refractivity contribution in [3.63, 3.8) is 0 Å². The van der Waals surface area contributed by atoms with Gasteiger partial charge in [0.1, 0.15) is 0 Å². The first kappa shape index (κ1) is 18.4. The minimum atomic E-state index is -0.246. The van der Waals surface area contributed by atoms with Gasteiger partial charge in [0.15, 0.2) is 0 Å². The standard InChI is InChI=1S/C19H24N4O2/c1-5-18(24)21-16-9-6-15(7-10-16)8-11-19(25)22-17-12-20-23(13(2)3)14(17)4/h5-7,9-10,12-13H,1,8,11H2,2-4H3,(H,21,24)(H,22,25). The Morgan fingerprint density at radius 1 is 1.24 bits per heavy atom. The zero-order valence-electron chi connectivity index (χ0n) is 14.9. The summed E-state index contributed by atoms with van der Waals surface area (Å²) in [6.45, 7) is 9.45. The van der Waals surface area contributed by atoms with Gasteiger partial charge in [-0.3, -0.25) is 14.3 Å². The average molecular weight is 340 g/mol. The van der Waals surface area contributed by atoms with Gasteiger partial charge in [-0.2, -0.15) is 5.10 Å². The van der Waals surface area contributed by atoms with Gasteiger partial charge in [0.25, 0.3) is 0 Å². The number of amides is 2. The molecule has 0 saturated heterocycles. The predicted octanol–water partition coefficient (Wildman–Crippen LogP) is 3.47. The summed E-state index contributed by atoms with van der Waals surface area (Å²) in [5.41, 5.74) is 3.43. The normalized spacial score (nSPS) is 10.6. The van der Waals surface area contributed by atoms with E-state index in [1.54, 1.807) is 6.20 Å². The fourth-order valence-electron chi connectivity index (χ4n) is 2.49. The van der Waals surface area contributed by atoms with Crippen LogP contribution in [-0.4, -0.2) is 21.6 Å². The van der Waals surface area contributed by atoms with Crippen LogP contribution in [0.5, 0.6) is 0 Å². The first-order valence-corrected chi connectivity index (χ1v) is 8.27. The second kappa shape index (κ2) is 8.28. The first-order valence-electron chi connectivity index (χ1n) is 8.27. The molecule has 0 fully saturated rings. The summed E-state index contributed by atoms with van der Waals surface area (Å²) in [6, 6.07) is 7.67. The molecule has 1 aromatic heterocycles. The molecular weight excluding hydrogens is 316 g/mol. The number of aromatic nitrogens is 2. The van der Waals surface area contributed by atoms with E-state index in [1.165, 1.54) is 6.08 Å². The molecule has 2 N–H and O–H groups in total. The quantitative estimate of drug-likeness (QED) is 0.758. The molecule has 0 bridgehead atoms. The number of anilines is 2. The number of carbonyl (C=O) groups is 2. The van der Waals surface area contributed by atoms with Crippen molar-refractivity contribution in [2.45, 2.75) is 39.7 Å². The van der Waals surface area contributed by atoms with Crippen LogP contribution in [0.15, 0.2) is 43.1 Å². The van der Waals surface area contributed by atoms with E-state index in [0.29, 0.717) is 18.5 Å². The van der Waals surface area contributed by atoms with Crippen molar-refractivity contribution in [2.24, 2.45) is 0 Å². The van der Waals surface area contributed by atoms with E-state index in [9.17, 15) is 9.59 Å². The predicted molar refractivity (Wildman–Crippen MR) is 99.6 cm³/mol. The lowest BCUT2D eigenvalue weighted by Gasteiger charge is -2.09. The molecule has 2 rings (SSSR count). The monoisotopic (exact) mass is 340 g/mol. The van der Waals surface area contributed by atoms with E-state index in [1.807, 2.05) is 49.7 Å². The van der Waals surface area contributed by atoms with Gasteiger partial charge in [-0.15, -0.1) is 0 Å². The topological polar surface area (TPSA) is 76.0 Å².